The number of pyridine rings is 1. The van der Waals surface area contributed by atoms with Gasteiger partial charge in [-0.3, -0.25) is 9.79 Å². The van der Waals surface area contributed by atoms with Gasteiger partial charge in [0.25, 0.3) is 0 Å². The Labute approximate surface area is 150 Å². The molecule has 2 N–H and O–H groups in total. The summed E-state index contributed by atoms with van der Waals surface area (Å²) in [5.74, 6) is 1.23. The van der Waals surface area contributed by atoms with Crippen molar-refractivity contribution in [3.05, 3.63) is 30.1 Å². The number of hydrogen-bond acceptors (Lipinski definition) is 5. The number of ether oxygens (including phenoxy) is 1. The van der Waals surface area contributed by atoms with Crippen LogP contribution in [0.15, 0.2) is 29.4 Å². The van der Waals surface area contributed by atoms with Crippen molar-refractivity contribution >= 4 is 23.2 Å². The van der Waals surface area contributed by atoms with Gasteiger partial charge in [-0.05, 0) is 18.6 Å². The molecule has 2 heterocycles. The second kappa shape index (κ2) is 10.5. The third-order valence-electron chi connectivity index (χ3n) is 3.58. The highest BCUT2D eigenvalue weighted by atomic mass is 16.5. The summed E-state index contributed by atoms with van der Waals surface area (Å²) in [4.78, 5) is 22.4. The van der Waals surface area contributed by atoms with Gasteiger partial charge in [-0.2, -0.15) is 0 Å². The molecule has 7 nitrogen and oxygen atoms in total. The average Bonchev–Trinajstić information content (AvgIpc) is 2.66. The van der Waals surface area contributed by atoms with Gasteiger partial charge in [-0.1, -0.05) is 27.4 Å². The lowest BCUT2D eigenvalue weighted by Crippen LogP contribution is -2.39. The molecular weight excluding hydrogens is 318 g/mol. The first-order valence-corrected chi connectivity index (χ1v) is 8.58. The van der Waals surface area contributed by atoms with E-state index in [9.17, 15) is 4.79 Å². The molecule has 0 saturated carbocycles. The molecule has 1 aliphatic heterocycles. The van der Waals surface area contributed by atoms with Gasteiger partial charge in [-0.15, -0.1) is 0 Å². The van der Waals surface area contributed by atoms with Gasteiger partial charge < -0.3 is 20.3 Å². The number of carbonyl (C=O) groups excluding carboxylic acids is 1. The van der Waals surface area contributed by atoms with E-state index in [4.69, 9.17) is 4.74 Å². The molecule has 0 fully saturated rings. The SMILES string of the molecule is C=C1C(=NCC(=O)NC)Nc2ccc(CC)nc2N1CCOC.CC. The summed E-state index contributed by atoms with van der Waals surface area (Å²) in [7, 11) is 3.24. The van der Waals surface area contributed by atoms with E-state index >= 15 is 0 Å². The van der Waals surface area contributed by atoms with Crippen LogP contribution in [0.2, 0.25) is 0 Å². The number of amidine groups is 1. The van der Waals surface area contributed by atoms with Crippen molar-refractivity contribution < 1.29 is 9.53 Å². The summed E-state index contributed by atoms with van der Waals surface area (Å²) in [6.45, 7) is 11.4. The number of fused-ring (bicyclic) bond motifs is 1. The lowest BCUT2D eigenvalue weighted by Gasteiger charge is -2.33. The fourth-order valence-electron chi connectivity index (χ4n) is 2.23. The fourth-order valence-corrected chi connectivity index (χ4v) is 2.23. The Bertz CT molecular complexity index is 628. The summed E-state index contributed by atoms with van der Waals surface area (Å²) in [6.07, 6.45) is 0.857. The highest BCUT2D eigenvalue weighted by Crippen LogP contribution is 2.31. The Morgan fingerprint density at radius 3 is 2.76 bits per heavy atom. The zero-order valence-electron chi connectivity index (χ0n) is 15.8. The standard InChI is InChI=1S/C16H23N5O2.C2H6/c1-5-12-6-7-13-16(19-12)21(8-9-23-4)11(2)15(20-13)18-10-14(22)17-3;1-2/h6-7H,2,5,8-10H2,1,3-4H3,(H,17,22)(H,18,20);1-2H3. The van der Waals surface area contributed by atoms with E-state index in [0.717, 1.165) is 23.6 Å². The van der Waals surface area contributed by atoms with E-state index in [2.05, 4.69) is 34.1 Å². The number of carbonyl (C=O) groups is 1. The Kier molecular flexibility index (Phi) is 8.63. The van der Waals surface area contributed by atoms with Crippen molar-refractivity contribution in [1.29, 1.82) is 0 Å². The van der Waals surface area contributed by atoms with E-state index in [1.807, 2.05) is 30.9 Å². The number of nitrogens with one attached hydrogen (secondary N) is 2. The maximum absolute atomic E-state index is 11.4. The number of likely N-dealkylation sites (N-methyl/N-ethyl adjacent to an activating group) is 1. The maximum atomic E-state index is 11.4. The van der Waals surface area contributed by atoms with Crippen LogP contribution in [0.1, 0.15) is 26.5 Å². The Hall–Kier alpha value is -2.41. The number of methoxy groups -OCH3 is 1. The predicted octanol–water partition coefficient (Wildman–Crippen LogP) is 2.21. The van der Waals surface area contributed by atoms with Crippen LogP contribution in [-0.4, -0.2) is 50.6 Å². The Morgan fingerprint density at radius 2 is 2.16 bits per heavy atom. The number of amides is 1. The van der Waals surface area contributed by atoms with E-state index in [1.54, 1.807) is 14.2 Å². The largest absolute Gasteiger partial charge is 0.383 e. The molecule has 0 unspecified atom stereocenters. The monoisotopic (exact) mass is 347 g/mol. The third-order valence-corrected chi connectivity index (χ3v) is 3.58. The summed E-state index contributed by atoms with van der Waals surface area (Å²) >= 11 is 0. The normalized spacial score (nSPS) is 14.4. The van der Waals surface area contributed by atoms with Crippen molar-refractivity contribution in [3.63, 3.8) is 0 Å². The molecule has 1 aliphatic rings. The quantitative estimate of drug-likeness (QED) is 0.825. The van der Waals surface area contributed by atoms with Crippen LogP contribution in [0.25, 0.3) is 0 Å². The second-order valence-electron chi connectivity index (χ2n) is 5.08. The summed E-state index contributed by atoms with van der Waals surface area (Å²) in [5.41, 5.74) is 2.53. The molecule has 0 aliphatic carbocycles. The molecule has 0 atom stereocenters. The minimum atomic E-state index is -0.152. The highest BCUT2D eigenvalue weighted by molar-refractivity contribution is 6.14. The number of rotatable bonds is 6. The first-order valence-electron chi connectivity index (χ1n) is 8.58. The number of aromatic nitrogens is 1. The van der Waals surface area contributed by atoms with Crippen LogP contribution >= 0.6 is 0 Å². The molecule has 7 heteroatoms. The van der Waals surface area contributed by atoms with Gasteiger partial charge in [0, 0.05) is 26.4 Å². The number of nitrogens with zero attached hydrogens (tertiary/aromatic N) is 3. The Balaban J connectivity index is 0.00000151. The highest BCUT2D eigenvalue weighted by Gasteiger charge is 2.26. The molecule has 0 bridgehead atoms. The number of aliphatic imine (C=N–C) groups is 1. The second-order valence-corrected chi connectivity index (χ2v) is 5.08. The predicted molar refractivity (Wildman–Crippen MR) is 103 cm³/mol. The van der Waals surface area contributed by atoms with Gasteiger partial charge in [0.1, 0.15) is 12.4 Å². The number of aryl methyl sites for hydroxylation is 1. The van der Waals surface area contributed by atoms with Crippen molar-refractivity contribution in [2.45, 2.75) is 27.2 Å². The minimum absolute atomic E-state index is 0.0474. The molecule has 1 amide bonds. The molecule has 2 rings (SSSR count). The van der Waals surface area contributed by atoms with Gasteiger partial charge in [0.15, 0.2) is 5.82 Å². The van der Waals surface area contributed by atoms with E-state index in [-0.39, 0.29) is 12.5 Å². The van der Waals surface area contributed by atoms with Crippen LogP contribution in [0.5, 0.6) is 0 Å². The van der Waals surface area contributed by atoms with Gasteiger partial charge in [-0.25, -0.2) is 4.98 Å². The molecule has 0 saturated heterocycles. The van der Waals surface area contributed by atoms with E-state index < -0.39 is 0 Å². The van der Waals surface area contributed by atoms with Crippen LogP contribution in [0, 0.1) is 0 Å². The first kappa shape index (κ1) is 20.6. The smallest absolute Gasteiger partial charge is 0.241 e. The number of anilines is 2. The van der Waals surface area contributed by atoms with E-state index in [1.165, 1.54) is 0 Å². The van der Waals surface area contributed by atoms with Crippen LogP contribution in [0.3, 0.4) is 0 Å². The van der Waals surface area contributed by atoms with Gasteiger partial charge in [0.05, 0.1) is 18.0 Å². The molecule has 0 radical (unpaired) electrons. The van der Waals surface area contributed by atoms with Crippen molar-refractivity contribution in [1.82, 2.24) is 10.3 Å². The van der Waals surface area contributed by atoms with Gasteiger partial charge >= 0.3 is 0 Å². The molecular formula is C18H29N5O2. The van der Waals surface area contributed by atoms with Crippen LogP contribution in [0.4, 0.5) is 11.5 Å². The molecule has 25 heavy (non-hydrogen) atoms. The number of hydrogen-bond donors (Lipinski definition) is 2. The summed E-state index contributed by atoms with van der Waals surface area (Å²) < 4.78 is 5.18. The average molecular weight is 347 g/mol. The molecule has 0 spiro atoms. The van der Waals surface area contributed by atoms with Gasteiger partial charge in [0.2, 0.25) is 5.91 Å². The molecule has 0 aromatic carbocycles. The lowest BCUT2D eigenvalue weighted by atomic mass is 10.2. The summed E-state index contributed by atoms with van der Waals surface area (Å²) in [6, 6.07) is 3.95. The zero-order valence-corrected chi connectivity index (χ0v) is 15.8. The molecule has 138 valence electrons. The van der Waals surface area contributed by atoms with Crippen molar-refractivity contribution in [2.24, 2.45) is 4.99 Å². The lowest BCUT2D eigenvalue weighted by molar-refractivity contribution is -0.119. The van der Waals surface area contributed by atoms with Crippen LogP contribution in [-0.2, 0) is 16.0 Å². The molecule has 1 aromatic heterocycles. The van der Waals surface area contributed by atoms with E-state index in [0.29, 0.717) is 24.7 Å². The third kappa shape index (κ3) is 5.29. The first-order chi connectivity index (χ1) is 12.1. The fraction of sp³-hybridized carbons (Fsp3) is 0.500. The minimum Gasteiger partial charge on any atom is -0.383 e. The van der Waals surface area contributed by atoms with Crippen molar-refractivity contribution in [3.8, 4) is 0 Å². The summed E-state index contributed by atoms with van der Waals surface area (Å²) in [5, 5.41) is 5.76. The zero-order chi connectivity index (χ0) is 18.8. The Morgan fingerprint density at radius 1 is 1.44 bits per heavy atom. The van der Waals surface area contributed by atoms with Crippen LogP contribution < -0.4 is 15.5 Å². The maximum Gasteiger partial charge on any atom is 0.241 e. The topological polar surface area (TPSA) is 78.8 Å². The van der Waals surface area contributed by atoms with Crippen molar-refractivity contribution in [2.75, 3.05) is 44.1 Å². The molecule has 1 aromatic rings.